The lowest BCUT2D eigenvalue weighted by atomic mass is 9.88. The Hall–Kier alpha value is -0.500. The first-order chi connectivity index (χ1) is 9.22. The van der Waals surface area contributed by atoms with Gasteiger partial charge < -0.3 is 0 Å². The fourth-order valence-electron chi connectivity index (χ4n) is 2.22. The predicted molar refractivity (Wildman–Crippen MR) is 87.8 cm³/mol. The normalized spacial score (nSPS) is 12.4. The van der Waals surface area contributed by atoms with Crippen LogP contribution in [-0.4, -0.2) is 5.33 Å². The summed E-state index contributed by atoms with van der Waals surface area (Å²) in [7, 11) is 0. The molecule has 1 atom stereocenters. The topological polar surface area (TPSA) is 0 Å². The van der Waals surface area contributed by atoms with Crippen molar-refractivity contribution in [3.8, 4) is 0 Å². The van der Waals surface area contributed by atoms with E-state index < -0.39 is 0 Å². The van der Waals surface area contributed by atoms with E-state index in [0.717, 1.165) is 18.2 Å². The molecule has 0 radical (unpaired) electrons. The van der Waals surface area contributed by atoms with Gasteiger partial charge >= 0.3 is 0 Å². The molecule has 0 spiro atoms. The smallest absolute Gasteiger partial charge is 0.0595 e. The molecule has 100 valence electrons. The molecule has 0 heterocycles. The van der Waals surface area contributed by atoms with Gasteiger partial charge in [0, 0.05) is 11.2 Å². The second-order valence-electron chi connectivity index (χ2n) is 4.47. The minimum Gasteiger partial charge on any atom is -0.0928 e. The highest BCUT2D eigenvalue weighted by atomic mass is 79.9. The summed E-state index contributed by atoms with van der Waals surface area (Å²) in [5.41, 5.74) is 2.54. The van der Waals surface area contributed by atoms with Crippen LogP contribution in [0.5, 0.6) is 0 Å². The minimum atomic E-state index is 0.369. The van der Waals surface area contributed by atoms with Gasteiger partial charge in [-0.3, -0.25) is 0 Å². The van der Waals surface area contributed by atoms with Crippen LogP contribution in [0.25, 0.3) is 0 Å². The highest BCUT2D eigenvalue weighted by molar-refractivity contribution is 9.09. The molecule has 0 amide bonds. The largest absolute Gasteiger partial charge is 0.0928 e. The summed E-state index contributed by atoms with van der Waals surface area (Å²) in [6.45, 7) is 0. The van der Waals surface area contributed by atoms with Crippen molar-refractivity contribution in [2.75, 3.05) is 5.33 Å². The van der Waals surface area contributed by atoms with Gasteiger partial charge in [0.05, 0.1) is 10.0 Å². The molecule has 2 rings (SSSR count). The third-order valence-corrected chi connectivity index (χ3v) is 4.47. The summed E-state index contributed by atoms with van der Waals surface area (Å²) in [5.74, 6) is 0.369. The van der Waals surface area contributed by atoms with E-state index in [1.165, 1.54) is 11.1 Å². The van der Waals surface area contributed by atoms with Gasteiger partial charge in [-0.2, -0.15) is 0 Å². The lowest BCUT2D eigenvalue weighted by Gasteiger charge is -2.18. The van der Waals surface area contributed by atoms with Gasteiger partial charge in [0.15, 0.2) is 0 Å². The molecule has 0 N–H and O–H groups in total. The van der Waals surface area contributed by atoms with Gasteiger partial charge in [0.1, 0.15) is 0 Å². The molecule has 0 unspecified atom stereocenters. The zero-order valence-electron chi connectivity index (χ0n) is 10.5. The molecule has 0 bridgehead atoms. The molecule has 0 saturated carbocycles. The highest BCUT2D eigenvalue weighted by Crippen LogP contribution is 2.33. The van der Waals surface area contributed by atoms with Crippen molar-refractivity contribution in [1.29, 1.82) is 0 Å². The van der Waals surface area contributed by atoms with E-state index >= 15 is 0 Å². The number of hydrogen-bond donors (Lipinski definition) is 0. The van der Waals surface area contributed by atoms with Crippen molar-refractivity contribution < 1.29 is 0 Å². The Morgan fingerprint density at radius 2 is 1.63 bits per heavy atom. The average Bonchev–Trinajstić information content (AvgIpc) is 2.44. The first-order valence-corrected chi connectivity index (χ1v) is 8.16. The summed E-state index contributed by atoms with van der Waals surface area (Å²) in [4.78, 5) is 0. The Balaban J connectivity index is 2.34. The molecule has 0 nitrogen and oxygen atoms in total. The number of benzene rings is 2. The van der Waals surface area contributed by atoms with Crippen molar-refractivity contribution >= 4 is 39.1 Å². The lowest BCUT2D eigenvalue weighted by Crippen LogP contribution is -2.01. The molecule has 0 aromatic heterocycles. The summed E-state index contributed by atoms with van der Waals surface area (Å²) in [6, 6.07) is 16.5. The van der Waals surface area contributed by atoms with Crippen LogP contribution in [-0.2, 0) is 0 Å². The zero-order valence-corrected chi connectivity index (χ0v) is 13.5. The molecule has 0 fully saturated rings. The van der Waals surface area contributed by atoms with E-state index in [-0.39, 0.29) is 0 Å². The monoisotopic (exact) mass is 356 g/mol. The molecule has 2 aromatic carbocycles. The number of halogens is 3. The Labute approximate surface area is 132 Å². The van der Waals surface area contributed by atoms with Gasteiger partial charge in [-0.25, -0.2) is 0 Å². The van der Waals surface area contributed by atoms with Gasteiger partial charge in [-0.05, 0) is 36.1 Å². The summed E-state index contributed by atoms with van der Waals surface area (Å²) >= 11 is 15.6. The Kier molecular flexibility index (Phi) is 5.75. The van der Waals surface area contributed by atoms with Crippen molar-refractivity contribution in [2.24, 2.45) is 0 Å². The molecule has 0 saturated heterocycles. The lowest BCUT2D eigenvalue weighted by molar-refractivity contribution is 0.705. The van der Waals surface area contributed by atoms with Gasteiger partial charge in [-0.1, -0.05) is 75.5 Å². The summed E-state index contributed by atoms with van der Waals surface area (Å²) in [5, 5.41) is 2.24. The zero-order chi connectivity index (χ0) is 13.7. The first-order valence-electron chi connectivity index (χ1n) is 6.28. The van der Waals surface area contributed by atoms with E-state index in [4.69, 9.17) is 23.2 Å². The second-order valence-corrected chi connectivity index (χ2v) is 6.08. The maximum atomic E-state index is 6.14. The van der Waals surface area contributed by atoms with E-state index in [2.05, 4.69) is 46.3 Å². The Morgan fingerprint density at radius 3 is 2.26 bits per heavy atom. The number of rotatable bonds is 5. The van der Waals surface area contributed by atoms with Crippen LogP contribution in [0.4, 0.5) is 0 Å². The van der Waals surface area contributed by atoms with Crippen molar-refractivity contribution in [3.63, 3.8) is 0 Å². The Morgan fingerprint density at radius 1 is 0.895 bits per heavy atom. The van der Waals surface area contributed by atoms with Crippen LogP contribution in [0.1, 0.15) is 29.9 Å². The van der Waals surface area contributed by atoms with E-state index in [1.807, 2.05) is 18.2 Å². The number of alkyl halides is 1. The van der Waals surface area contributed by atoms with Crippen molar-refractivity contribution in [1.82, 2.24) is 0 Å². The average molecular weight is 358 g/mol. The van der Waals surface area contributed by atoms with E-state index in [0.29, 0.717) is 16.0 Å². The van der Waals surface area contributed by atoms with Crippen LogP contribution in [0.3, 0.4) is 0 Å². The molecule has 0 aliphatic rings. The molecular formula is C16H15BrCl2. The SMILES string of the molecule is Clc1ccc([C@H](CCCBr)c2ccccc2)cc1Cl. The van der Waals surface area contributed by atoms with Crippen LogP contribution < -0.4 is 0 Å². The van der Waals surface area contributed by atoms with Crippen molar-refractivity contribution in [3.05, 3.63) is 69.7 Å². The van der Waals surface area contributed by atoms with Gasteiger partial charge in [0.2, 0.25) is 0 Å². The van der Waals surface area contributed by atoms with Crippen LogP contribution >= 0.6 is 39.1 Å². The van der Waals surface area contributed by atoms with Crippen LogP contribution in [0.15, 0.2) is 48.5 Å². The molecule has 3 heteroatoms. The van der Waals surface area contributed by atoms with Crippen molar-refractivity contribution in [2.45, 2.75) is 18.8 Å². The molecule has 2 aromatic rings. The fourth-order valence-corrected chi connectivity index (χ4v) is 2.85. The summed E-state index contributed by atoms with van der Waals surface area (Å²) < 4.78 is 0. The van der Waals surface area contributed by atoms with Gasteiger partial charge in [-0.15, -0.1) is 0 Å². The molecule has 0 aliphatic carbocycles. The van der Waals surface area contributed by atoms with E-state index in [1.54, 1.807) is 0 Å². The molecule has 0 aliphatic heterocycles. The first kappa shape index (κ1) is 14.9. The fraction of sp³-hybridized carbons (Fsp3) is 0.250. The maximum Gasteiger partial charge on any atom is 0.0595 e. The molecular weight excluding hydrogens is 343 g/mol. The second kappa shape index (κ2) is 7.33. The third-order valence-electron chi connectivity index (χ3n) is 3.17. The van der Waals surface area contributed by atoms with E-state index in [9.17, 15) is 0 Å². The predicted octanol–water partition coefficient (Wildman–Crippen LogP) is 6.30. The standard InChI is InChI=1S/C16H15BrCl2/c17-10-4-7-14(12-5-2-1-3-6-12)13-8-9-15(18)16(19)11-13/h1-3,5-6,8-9,11,14H,4,7,10H2/t14-/m1/s1. The highest BCUT2D eigenvalue weighted by Gasteiger charge is 2.14. The third kappa shape index (κ3) is 3.98. The Bertz CT molecular complexity index is 526. The minimum absolute atomic E-state index is 0.369. The van der Waals surface area contributed by atoms with Gasteiger partial charge in [0.25, 0.3) is 0 Å². The van der Waals surface area contributed by atoms with Crippen LogP contribution in [0, 0.1) is 0 Å². The van der Waals surface area contributed by atoms with Crippen LogP contribution in [0.2, 0.25) is 10.0 Å². The quantitative estimate of drug-likeness (QED) is 0.550. The summed E-state index contributed by atoms with van der Waals surface area (Å²) in [6.07, 6.45) is 2.22. The molecule has 19 heavy (non-hydrogen) atoms. The maximum absolute atomic E-state index is 6.14. The number of hydrogen-bond acceptors (Lipinski definition) is 0.